The number of amides is 2. The summed E-state index contributed by atoms with van der Waals surface area (Å²) in [5.41, 5.74) is 5.14. The van der Waals surface area contributed by atoms with Gasteiger partial charge in [-0.25, -0.2) is 32.1 Å². The number of aromatic nitrogens is 5. The highest BCUT2D eigenvalue weighted by atomic mass is 19.1. The number of hydrogen-bond donors (Lipinski definition) is 3. The molecule has 0 saturated carbocycles. The SMILES string of the molecule is C#Cc1c(F)ccc2cc(O)cc(-c3ncc4c(N5CC6CCC(C5)N6C(=O)C(=C)COC(=O)NCC(=O)O[C@]5(CC)C(=O)OCc6c5cc5n(c6=O)Cc6c-5nc5cc(F)c(C)cc5c6CN)nc(OC[C@@]56CCCN5C[C@H](F)C6)nc4c3F)c12. The van der Waals surface area contributed by atoms with Crippen LogP contribution in [0, 0.1) is 36.7 Å². The minimum atomic E-state index is -2.12. The topological polar surface area (TPSA) is 247 Å². The number of phenolic OH excluding ortho intramolecular Hbond substituents is 1. The first-order valence-corrected chi connectivity index (χ1v) is 28.3. The zero-order chi connectivity index (χ0) is 60.2. The lowest BCUT2D eigenvalue weighted by molar-refractivity contribution is -0.188. The number of terminal acetylenes is 1. The number of ether oxygens (including phenoxy) is 4. The number of carbonyl (C=O) groups is 4. The van der Waals surface area contributed by atoms with Gasteiger partial charge in [0.05, 0.1) is 57.6 Å². The largest absolute Gasteiger partial charge is 0.508 e. The number of halogens is 4. The van der Waals surface area contributed by atoms with E-state index in [4.69, 9.17) is 41.1 Å². The number of hydrogen-bond acceptors (Lipinski definition) is 17. The highest BCUT2D eigenvalue weighted by Gasteiger charge is 2.52. The summed E-state index contributed by atoms with van der Waals surface area (Å²) in [6, 6.07) is 8.65. The van der Waals surface area contributed by atoms with Gasteiger partial charge in [-0.1, -0.05) is 25.5 Å². The molecular formula is C62H56F4N10O10. The van der Waals surface area contributed by atoms with Crippen LogP contribution in [0.4, 0.5) is 28.2 Å². The molecule has 3 aromatic carbocycles. The van der Waals surface area contributed by atoms with Crippen LogP contribution in [0.2, 0.25) is 0 Å². The highest BCUT2D eigenvalue weighted by molar-refractivity contribution is 6.03. The minimum Gasteiger partial charge on any atom is -0.508 e. The van der Waals surface area contributed by atoms with Crippen molar-refractivity contribution in [2.24, 2.45) is 5.73 Å². The van der Waals surface area contributed by atoms with E-state index in [0.717, 1.165) is 12.5 Å². The van der Waals surface area contributed by atoms with Gasteiger partial charge >= 0.3 is 24.0 Å². The third-order valence-corrected chi connectivity index (χ3v) is 17.9. The van der Waals surface area contributed by atoms with Gasteiger partial charge in [0.1, 0.15) is 66.9 Å². The second-order valence-electron chi connectivity index (χ2n) is 22.9. The van der Waals surface area contributed by atoms with Crippen LogP contribution in [-0.2, 0) is 53.9 Å². The van der Waals surface area contributed by atoms with E-state index in [9.17, 15) is 37.9 Å². The molecular weight excluding hydrogens is 1120 g/mol. The standard InChI is InChI=1S/C62H56F4N10O10/c1-5-37-45(64)11-8-32-15-36(77)16-39(50(32)37)53-51(66)54-41(21-68-53)55(72-59(71-54)85-29-61-12-7-13-74(61)23-33(63)19-61)73-24-34-9-10-35(25-73)76(34)56(79)31(4)27-84-60(82)69-22-49(78)86-62(6-2)44-17-48-52-42(26-75(48)57(80)43(44)28-83-58(62)81)40(20-67)38-14-30(3)46(65)18-47(38)70-52/h1,8,11,14-18,21,33-35,77H,4,6-7,9-10,12-13,19-20,22-29,67H2,2-3H3,(H,69,82)/t33-,34?,35?,61+,62+/m1/s1. The average molecular weight is 1180 g/mol. The summed E-state index contributed by atoms with van der Waals surface area (Å²) in [5.74, 6) is -2.33. The number of piperazine rings is 1. The number of benzene rings is 3. The molecule has 24 heteroatoms. The van der Waals surface area contributed by atoms with Crippen LogP contribution >= 0.6 is 0 Å². The molecule has 2 bridgehead atoms. The third-order valence-electron chi connectivity index (χ3n) is 17.9. The van der Waals surface area contributed by atoms with Crippen LogP contribution in [-0.4, -0.2) is 133 Å². The Bertz CT molecular complexity index is 4240. The Hall–Kier alpha value is -9.21. The number of rotatable bonds is 13. The fraction of sp³-hybridized carbons (Fsp3) is 0.371. The Balaban J connectivity index is 0.700. The summed E-state index contributed by atoms with van der Waals surface area (Å²) in [4.78, 5) is 93.1. The molecule has 0 aliphatic carbocycles. The number of phenols is 1. The van der Waals surface area contributed by atoms with Crippen molar-refractivity contribution in [3.63, 3.8) is 0 Å². The molecule has 4 aromatic heterocycles. The van der Waals surface area contributed by atoms with Crippen molar-refractivity contribution in [1.82, 2.24) is 39.6 Å². The van der Waals surface area contributed by atoms with E-state index in [-0.39, 0.29) is 120 Å². The number of aromatic hydroxyl groups is 1. The number of carbonyl (C=O) groups excluding carboxylic acids is 4. The number of esters is 2. The molecule has 2 unspecified atom stereocenters. The average Bonchev–Trinajstić information content (AvgIpc) is 1.47. The minimum absolute atomic E-state index is 0.0189. The summed E-state index contributed by atoms with van der Waals surface area (Å²) in [6.07, 6.45) is 7.69. The highest BCUT2D eigenvalue weighted by Crippen LogP contribution is 2.45. The fourth-order valence-electron chi connectivity index (χ4n) is 13.8. The molecule has 4 fully saturated rings. The van der Waals surface area contributed by atoms with E-state index in [0.29, 0.717) is 70.2 Å². The number of pyridine rings is 3. The Morgan fingerprint density at radius 3 is 2.55 bits per heavy atom. The van der Waals surface area contributed by atoms with Crippen molar-refractivity contribution < 1.29 is 60.8 Å². The second kappa shape index (κ2) is 21.1. The monoisotopic (exact) mass is 1180 g/mol. The summed E-state index contributed by atoms with van der Waals surface area (Å²) < 4.78 is 86.7. The van der Waals surface area contributed by atoms with Crippen LogP contribution in [0.5, 0.6) is 11.8 Å². The number of alkyl halides is 1. The first kappa shape index (κ1) is 56.0. The van der Waals surface area contributed by atoms with Crippen molar-refractivity contribution in [1.29, 1.82) is 0 Å². The molecule has 4 saturated heterocycles. The molecule has 7 aromatic rings. The van der Waals surface area contributed by atoms with E-state index >= 15 is 8.78 Å². The summed E-state index contributed by atoms with van der Waals surface area (Å²) >= 11 is 0. The van der Waals surface area contributed by atoms with E-state index in [1.54, 1.807) is 30.9 Å². The number of cyclic esters (lactones) is 1. The Kier molecular flexibility index (Phi) is 13.7. The van der Waals surface area contributed by atoms with Crippen LogP contribution in [0.25, 0.3) is 55.2 Å². The molecule has 0 spiro atoms. The van der Waals surface area contributed by atoms with Gasteiger partial charge in [-0.3, -0.25) is 24.3 Å². The first-order valence-electron chi connectivity index (χ1n) is 28.3. The van der Waals surface area contributed by atoms with Crippen LogP contribution in [0.3, 0.4) is 0 Å². The van der Waals surface area contributed by atoms with E-state index in [1.165, 1.54) is 35.0 Å². The Morgan fingerprint density at radius 1 is 1.00 bits per heavy atom. The molecule has 0 radical (unpaired) electrons. The molecule has 5 atom stereocenters. The van der Waals surface area contributed by atoms with E-state index in [2.05, 4.69) is 32.7 Å². The van der Waals surface area contributed by atoms with Crippen LogP contribution in [0.1, 0.15) is 78.8 Å². The third kappa shape index (κ3) is 8.99. The quantitative estimate of drug-likeness (QED) is 0.0354. The van der Waals surface area contributed by atoms with Crippen molar-refractivity contribution >= 4 is 62.3 Å². The maximum atomic E-state index is 17.4. The number of anilines is 1. The molecule has 86 heavy (non-hydrogen) atoms. The Labute approximate surface area is 487 Å². The van der Waals surface area contributed by atoms with Crippen molar-refractivity contribution in [2.45, 2.75) is 101 Å². The normalized spacial score (nSPS) is 21.9. The summed E-state index contributed by atoms with van der Waals surface area (Å²) in [5, 5.41) is 14.4. The lowest BCUT2D eigenvalue weighted by Crippen LogP contribution is -2.56. The smallest absolute Gasteiger partial charge is 0.407 e. The fourth-order valence-corrected chi connectivity index (χ4v) is 13.8. The molecule has 2 amide bonds. The zero-order valence-corrected chi connectivity index (χ0v) is 46.7. The second-order valence-corrected chi connectivity index (χ2v) is 22.9. The number of nitrogens with one attached hydrogen (secondary N) is 1. The van der Waals surface area contributed by atoms with Crippen molar-refractivity contribution in [3.05, 3.63) is 122 Å². The molecule has 13 rings (SSSR count). The van der Waals surface area contributed by atoms with Gasteiger partial charge in [0.25, 0.3) is 11.5 Å². The lowest BCUT2D eigenvalue weighted by Gasteiger charge is -2.42. The maximum Gasteiger partial charge on any atom is 0.407 e. The first-order chi connectivity index (χ1) is 41.3. The molecule has 6 aliphatic rings. The van der Waals surface area contributed by atoms with E-state index in [1.807, 2.05) is 4.90 Å². The molecule has 6 aliphatic heterocycles. The summed E-state index contributed by atoms with van der Waals surface area (Å²) in [7, 11) is 0. The van der Waals surface area contributed by atoms with Gasteiger partial charge < -0.3 is 49.5 Å². The van der Waals surface area contributed by atoms with Crippen molar-refractivity contribution in [2.75, 3.05) is 50.8 Å². The molecule has 4 N–H and O–H groups in total. The maximum absolute atomic E-state index is 17.4. The molecule has 20 nitrogen and oxygen atoms in total. The molecule has 10 heterocycles. The van der Waals surface area contributed by atoms with Gasteiger partial charge in [-0.2, -0.15) is 9.97 Å². The number of nitrogens with two attached hydrogens (primary N) is 1. The predicted molar refractivity (Wildman–Crippen MR) is 304 cm³/mol. The predicted octanol–water partition coefficient (Wildman–Crippen LogP) is 6.78. The summed E-state index contributed by atoms with van der Waals surface area (Å²) in [6.45, 7) is 6.89. The van der Waals surface area contributed by atoms with Crippen LogP contribution in [0.15, 0.2) is 65.6 Å². The van der Waals surface area contributed by atoms with Gasteiger partial charge in [0.2, 0.25) is 5.60 Å². The zero-order valence-electron chi connectivity index (χ0n) is 46.7. The van der Waals surface area contributed by atoms with Gasteiger partial charge in [-0.05, 0) is 92.4 Å². The van der Waals surface area contributed by atoms with Gasteiger partial charge in [0.15, 0.2) is 5.82 Å². The molecule has 442 valence electrons. The van der Waals surface area contributed by atoms with Crippen molar-refractivity contribution in [3.8, 4) is 46.7 Å². The van der Waals surface area contributed by atoms with E-state index < -0.39 is 96.1 Å². The Morgan fingerprint density at radius 2 is 1.79 bits per heavy atom. The van der Waals surface area contributed by atoms with Crippen LogP contribution < -0.4 is 26.2 Å². The van der Waals surface area contributed by atoms with Gasteiger partial charge in [0, 0.05) is 77.9 Å². The number of fused-ring (bicyclic) bond motifs is 10. The lowest BCUT2D eigenvalue weighted by atomic mass is 9.85. The number of alkyl carbamates (subject to hydrolysis) is 1. The van der Waals surface area contributed by atoms with Gasteiger partial charge in [-0.15, -0.1) is 6.42 Å². The number of aryl methyl sites for hydroxylation is 1. The number of nitrogens with zero attached hydrogens (tertiary/aromatic N) is 8.